The second-order valence-electron chi connectivity index (χ2n) is 5.31. The zero-order chi connectivity index (χ0) is 19.2. The van der Waals surface area contributed by atoms with Gasteiger partial charge < -0.3 is 9.47 Å². The lowest BCUT2D eigenvalue weighted by Crippen LogP contribution is -2.05. The van der Waals surface area contributed by atoms with E-state index in [1.165, 1.54) is 12.4 Å². The molecule has 9 nitrogen and oxygen atoms in total. The Morgan fingerprint density at radius 3 is 2.07 bits per heavy atom. The van der Waals surface area contributed by atoms with Crippen LogP contribution < -0.4 is 0 Å². The quantitative estimate of drug-likeness (QED) is 0.659. The highest BCUT2D eigenvalue weighted by Gasteiger charge is 2.15. The summed E-state index contributed by atoms with van der Waals surface area (Å²) in [5, 5.41) is 6.87. The number of carbonyl (C=O) groups is 2. The predicted octanol–water partition coefficient (Wildman–Crippen LogP) is 2.28. The highest BCUT2D eigenvalue weighted by Crippen LogP contribution is 2.19. The highest BCUT2D eigenvalue weighted by molar-refractivity contribution is 5.91. The average Bonchev–Trinajstić information content (AvgIpc) is 3.19. The first kappa shape index (κ1) is 18.2. The molecular formula is C18H17N5O4. The van der Waals surface area contributed by atoms with E-state index < -0.39 is 11.9 Å². The fourth-order valence-electron chi connectivity index (χ4n) is 2.29. The standard InChI is InChI=1S/C18H17N5O4/c1-3-26-17(24)11-5-7-19-13(9-11)15-21-16(23-22-15)14-10-12(6-8-20-14)18(25)27-4-2/h5-10H,3-4H2,1-2H3,(H,21,22,23). The summed E-state index contributed by atoms with van der Waals surface area (Å²) < 4.78 is 9.96. The molecule has 9 heteroatoms. The van der Waals surface area contributed by atoms with Gasteiger partial charge in [0.15, 0.2) is 11.6 Å². The number of esters is 2. The lowest BCUT2D eigenvalue weighted by molar-refractivity contribution is 0.0516. The van der Waals surface area contributed by atoms with Gasteiger partial charge in [0.25, 0.3) is 0 Å². The fraction of sp³-hybridized carbons (Fsp3) is 0.222. The third-order valence-corrected chi connectivity index (χ3v) is 3.50. The van der Waals surface area contributed by atoms with Crippen LogP contribution in [0.3, 0.4) is 0 Å². The monoisotopic (exact) mass is 367 g/mol. The minimum absolute atomic E-state index is 0.282. The van der Waals surface area contributed by atoms with Gasteiger partial charge in [-0.2, -0.15) is 5.10 Å². The van der Waals surface area contributed by atoms with Crippen molar-refractivity contribution >= 4 is 11.9 Å². The smallest absolute Gasteiger partial charge is 0.338 e. The van der Waals surface area contributed by atoms with E-state index in [9.17, 15) is 9.59 Å². The topological polar surface area (TPSA) is 120 Å². The molecule has 0 saturated carbocycles. The molecule has 138 valence electrons. The fourth-order valence-corrected chi connectivity index (χ4v) is 2.29. The maximum Gasteiger partial charge on any atom is 0.338 e. The SMILES string of the molecule is CCOC(=O)c1ccnc(-c2n[nH]c(-c3cc(C(=O)OCC)ccn3)n2)c1. The van der Waals surface area contributed by atoms with Crippen molar-refractivity contribution in [3.63, 3.8) is 0 Å². The number of nitrogens with zero attached hydrogens (tertiary/aromatic N) is 4. The Balaban J connectivity index is 1.87. The van der Waals surface area contributed by atoms with Crippen molar-refractivity contribution in [1.29, 1.82) is 0 Å². The summed E-state index contributed by atoms with van der Waals surface area (Å²) in [6.07, 6.45) is 2.97. The molecule has 3 aromatic heterocycles. The van der Waals surface area contributed by atoms with Crippen molar-refractivity contribution in [3.8, 4) is 23.0 Å². The summed E-state index contributed by atoms with van der Waals surface area (Å²) in [6, 6.07) is 6.22. The molecule has 27 heavy (non-hydrogen) atoms. The lowest BCUT2D eigenvalue weighted by Gasteiger charge is -2.02. The third-order valence-electron chi connectivity index (χ3n) is 3.50. The van der Waals surface area contributed by atoms with Crippen molar-refractivity contribution in [1.82, 2.24) is 25.1 Å². The molecular weight excluding hydrogens is 350 g/mol. The number of ether oxygens (including phenoxy) is 2. The number of carbonyl (C=O) groups excluding carboxylic acids is 2. The van der Waals surface area contributed by atoms with E-state index in [2.05, 4.69) is 25.1 Å². The molecule has 1 N–H and O–H groups in total. The second kappa shape index (κ2) is 8.17. The molecule has 0 bridgehead atoms. The van der Waals surface area contributed by atoms with E-state index in [-0.39, 0.29) is 13.2 Å². The number of hydrogen-bond donors (Lipinski definition) is 1. The van der Waals surface area contributed by atoms with E-state index in [0.29, 0.717) is 34.2 Å². The van der Waals surface area contributed by atoms with Crippen LogP contribution in [0.2, 0.25) is 0 Å². The third kappa shape index (κ3) is 4.14. The normalized spacial score (nSPS) is 10.4. The van der Waals surface area contributed by atoms with Crippen LogP contribution in [0.1, 0.15) is 34.6 Å². The Bertz CT molecular complexity index is 894. The Kier molecular flexibility index (Phi) is 5.50. The molecule has 0 aliphatic carbocycles. The van der Waals surface area contributed by atoms with Gasteiger partial charge in [0.2, 0.25) is 0 Å². The second-order valence-corrected chi connectivity index (χ2v) is 5.31. The van der Waals surface area contributed by atoms with Crippen molar-refractivity contribution in [2.45, 2.75) is 13.8 Å². The predicted molar refractivity (Wildman–Crippen MR) is 94.8 cm³/mol. The molecule has 3 heterocycles. The first-order valence-corrected chi connectivity index (χ1v) is 8.31. The van der Waals surface area contributed by atoms with E-state index in [1.807, 2.05) is 0 Å². The van der Waals surface area contributed by atoms with Crippen molar-refractivity contribution in [3.05, 3.63) is 47.8 Å². The van der Waals surface area contributed by atoms with E-state index in [1.54, 1.807) is 38.1 Å². The van der Waals surface area contributed by atoms with Crippen molar-refractivity contribution < 1.29 is 19.1 Å². The van der Waals surface area contributed by atoms with Crippen LogP contribution in [0.4, 0.5) is 0 Å². The maximum absolute atomic E-state index is 11.9. The van der Waals surface area contributed by atoms with Crippen LogP contribution in [0.25, 0.3) is 23.0 Å². The zero-order valence-electron chi connectivity index (χ0n) is 14.8. The molecule has 0 saturated heterocycles. The Morgan fingerprint density at radius 1 is 0.926 bits per heavy atom. The molecule has 0 aromatic carbocycles. The van der Waals surface area contributed by atoms with Crippen molar-refractivity contribution in [2.75, 3.05) is 13.2 Å². The average molecular weight is 367 g/mol. The Labute approximate surface area is 154 Å². The molecule has 0 unspecified atom stereocenters. The van der Waals surface area contributed by atoms with Gasteiger partial charge in [-0.1, -0.05) is 0 Å². The van der Waals surface area contributed by atoms with Crippen LogP contribution in [0, 0.1) is 0 Å². The number of hydrogen-bond acceptors (Lipinski definition) is 8. The molecule has 0 amide bonds. The van der Waals surface area contributed by atoms with Crippen LogP contribution in [-0.4, -0.2) is 50.3 Å². The summed E-state index contributed by atoms with van der Waals surface area (Å²) in [4.78, 5) is 36.4. The molecule has 3 rings (SSSR count). The first-order valence-electron chi connectivity index (χ1n) is 8.31. The molecule has 0 atom stereocenters. The molecule has 0 fully saturated rings. The van der Waals surface area contributed by atoms with Gasteiger partial charge in [-0.05, 0) is 38.1 Å². The van der Waals surface area contributed by atoms with E-state index in [0.717, 1.165) is 0 Å². The minimum Gasteiger partial charge on any atom is -0.462 e. The number of pyridine rings is 2. The number of rotatable bonds is 6. The van der Waals surface area contributed by atoms with Gasteiger partial charge in [-0.15, -0.1) is 0 Å². The summed E-state index contributed by atoms with van der Waals surface area (Å²) >= 11 is 0. The highest BCUT2D eigenvalue weighted by atomic mass is 16.5. The Morgan fingerprint density at radius 2 is 1.48 bits per heavy atom. The van der Waals surface area contributed by atoms with Crippen LogP contribution in [-0.2, 0) is 9.47 Å². The lowest BCUT2D eigenvalue weighted by atomic mass is 10.2. The molecule has 3 aromatic rings. The van der Waals surface area contributed by atoms with Gasteiger partial charge >= 0.3 is 11.9 Å². The molecule has 0 radical (unpaired) electrons. The molecule has 0 aliphatic rings. The summed E-state index contributed by atoms with van der Waals surface area (Å²) in [5.41, 5.74) is 1.56. The van der Waals surface area contributed by atoms with Crippen LogP contribution >= 0.6 is 0 Å². The zero-order valence-corrected chi connectivity index (χ0v) is 14.8. The summed E-state index contributed by atoms with van der Waals surface area (Å²) in [6.45, 7) is 4.04. The van der Waals surface area contributed by atoms with Gasteiger partial charge in [-0.3, -0.25) is 15.1 Å². The largest absolute Gasteiger partial charge is 0.462 e. The van der Waals surface area contributed by atoms with Gasteiger partial charge in [0.05, 0.1) is 24.3 Å². The van der Waals surface area contributed by atoms with Gasteiger partial charge in [-0.25, -0.2) is 14.6 Å². The maximum atomic E-state index is 11.9. The molecule has 0 aliphatic heterocycles. The summed E-state index contributed by atoms with van der Waals surface area (Å²) in [7, 11) is 0. The first-order chi connectivity index (χ1) is 13.1. The molecule has 0 spiro atoms. The summed E-state index contributed by atoms with van der Waals surface area (Å²) in [5.74, 6) is -0.232. The van der Waals surface area contributed by atoms with Crippen molar-refractivity contribution in [2.24, 2.45) is 0 Å². The minimum atomic E-state index is -0.444. The van der Waals surface area contributed by atoms with Crippen LogP contribution in [0.5, 0.6) is 0 Å². The number of H-pyrrole nitrogens is 1. The van der Waals surface area contributed by atoms with Crippen LogP contribution in [0.15, 0.2) is 36.7 Å². The number of aromatic nitrogens is 5. The van der Waals surface area contributed by atoms with Gasteiger partial charge in [0, 0.05) is 12.4 Å². The number of nitrogens with one attached hydrogen (secondary N) is 1. The van der Waals surface area contributed by atoms with E-state index in [4.69, 9.17) is 9.47 Å². The Hall–Kier alpha value is -3.62. The van der Waals surface area contributed by atoms with E-state index >= 15 is 0 Å². The number of aromatic amines is 1. The van der Waals surface area contributed by atoms with Gasteiger partial charge in [0.1, 0.15) is 11.4 Å².